The fourth-order valence-corrected chi connectivity index (χ4v) is 1.89. The van der Waals surface area contributed by atoms with Gasteiger partial charge in [0.2, 0.25) is 0 Å². The van der Waals surface area contributed by atoms with Crippen molar-refractivity contribution in [3.63, 3.8) is 0 Å². The molecule has 0 aromatic heterocycles. The van der Waals surface area contributed by atoms with Gasteiger partial charge in [-0.1, -0.05) is 20.3 Å². The van der Waals surface area contributed by atoms with Crippen LogP contribution in [0.4, 0.5) is 0 Å². The average molecular weight is 234 g/mol. The number of hydrogen-bond donors (Lipinski definition) is 0. The summed E-state index contributed by atoms with van der Waals surface area (Å²) < 4.78 is 0. The third kappa shape index (κ3) is 6.28. The standard InChI is InChI=1S/C10H16ClNOS/c1-3-10(13)9(11)6-4-5-8(2)14-7-12/h8-9H,3-6H2,1-2H3. The Hall–Kier alpha value is -0.200. The number of rotatable bonds is 7. The number of nitriles is 1. The van der Waals surface area contributed by atoms with Gasteiger partial charge < -0.3 is 0 Å². The van der Waals surface area contributed by atoms with Gasteiger partial charge >= 0.3 is 0 Å². The molecule has 0 fully saturated rings. The summed E-state index contributed by atoms with van der Waals surface area (Å²) in [6, 6.07) is 0. The Bertz CT molecular complexity index is 215. The number of carbonyl (C=O) groups excluding carboxylic acids is 1. The zero-order chi connectivity index (χ0) is 11.0. The van der Waals surface area contributed by atoms with Crippen molar-refractivity contribution in [3.05, 3.63) is 0 Å². The van der Waals surface area contributed by atoms with E-state index in [4.69, 9.17) is 16.9 Å². The number of alkyl halides is 1. The van der Waals surface area contributed by atoms with Crippen molar-refractivity contribution in [2.75, 3.05) is 0 Å². The first-order chi connectivity index (χ1) is 6.61. The molecular weight excluding hydrogens is 218 g/mol. The maximum absolute atomic E-state index is 11.1. The minimum Gasteiger partial charge on any atom is -0.298 e. The van der Waals surface area contributed by atoms with Crippen molar-refractivity contribution < 1.29 is 4.79 Å². The second-order valence-corrected chi connectivity index (χ2v) is 4.99. The highest BCUT2D eigenvalue weighted by Gasteiger charge is 2.13. The fraction of sp³-hybridized carbons (Fsp3) is 0.800. The third-order valence-electron chi connectivity index (χ3n) is 2.02. The van der Waals surface area contributed by atoms with E-state index in [0.717, 1.165) is 19.3 Å². The van der Waals surface area contributed by atoms with Crippen LogP contribution in [-0.4, -0.2) is 16.4 Å². The first-order valence-electron chi connectivity index (χ1n) is 4.83. The molecule has 0 aliphatic heterocycles. The van der Waals surface area contributed by atoms with E-state index in [2.05, 4.69) is 5.40 Å². The van der Waals surface area contributed by atoms with Crippen LogP contribution < -0.4 is 0 Å². The van der Waals surface area contributed by atoms with Gasteiger partial charge in [0.05, 0.1) is 5.38 Å². The molecule has 4 heteroatoms. The molecule has 0 N–H and O–H groups in total. The van der Waals surface area contributed by atoms with Crippen LogP contribution >= 0.6 is 23.4 Å². The van der Waals surface area contributed by atoms with E-state index in [9.17, 15) is 4.79 Å². The minimum atomic E-state index is -0.334. The summed E-state index contributed by atoms with van der Waals surface area (Å²) in [5.74, 6) is 0.118. The van der Waals surface area contributed by atoms with Gasteiger partial charge in [0, 0.05) is 11.7 Å². The lowest BCUT2D eigenvalue weighted by atomic mass is 10.1. The number of thiocyanates is 1. The lowest BCUT2D eigenvalue weighted by Gasteiger charge is -2.08. The molecule has 2 atom stereocenters. The number of thioether (sulfide) groups is 1. The van der Waals surface area contributed by atoms with E-state index < -0.39 is 0 Å². The summed E-state index contributed by atoms with van der Waals surface area (Å²) in [6.45, 7) is 3.84. The van der Waals surface area contributed by atoms with Crippen molar-refractivity contribution in [1.29, 1.82) is 5.26 Å². The summed E-state index contributed by atoms with van der Waals surface area (Å²) in [4.78, 5) is 11.1. The smallest absolute Gasteiger partial charge is 0.150 e. The average Bonchev–Trinajstić information content (AvgIpc) is 2.16. The molecule has 0 amide bonds. The number of carbonyl (C=O) groups is 1. The Morgan fingerprint density at radius 3 is 2.71 bits per heavy atom. The van der Waals surface area contributed by atoms with Gasteiger partial charge in [-0.05, 0) is 24.6 Å². The van der Waals surface area contributed by atoms with Gasteiger partial charge in [-0.3, -0.25) is 4.79 Å². The van der Waals surface area contributed by atoms with E-state index >= 15 is 0 Å². The number of nitrogens with zero attached hydrogens (tertiary/aromatic N) is 1. The first-order valence-corrected chi connectivity index (χ1v) is 6.15. The molecule has 0 saturated heterocycles. The Balaban J connectivity index is 3.54. The van der Waals surface area contributed by atoms with E-state index in [-0.39, 0.29) is 11.2 Å². The van der Waals surface area contributed by atoms with Crippen LogP contribution in [0, 0.1) is 10.7 Å². The first kappa shape index (κ1) is 13.8. The predicted molar refractivity (Wildman–Crippen MR) is 61.5 cm³/mol. The Morgan fingerprint density at radius 2 is 2.21 bits per heavy atom. The second kappa shape index (κ2) is 8.14. The van der Waals surface area contributed by atoms with Crippen LogP contribution in [0.1, 0.15) is 39.5 Å². The molecule has 0 saturated carbocycles. The summed E-state index contributed by atoms with van der Waals surface area (Å²) >= 11 is 7.15. The summed E-state index contributed by atoms with van der Waals surface area (Å²) in [5.41, 5.74) is 0. The van der Waals surface area contributed by atoms with Gasteiger partial charge in [0.25, 0.3) is 0 Å². The van der Waals surface area contributed by atoms with Crippen LogP contribution in [0.3, 0.4) is 0 Å². The zero-order valence-electron chi connectivity index (χ0n) is 8.62. The van der Waals surface area contributed by atoms with E-state index in [1.165, 1.54) is 11.8 Å². The topological polar surface area (TPSA) is 40.9 Å². The second-order valence-electron chi connectivity index (χ2n) is 3.24. The van der Waals surface area contributed by atoms with Gasteiger partial charge in [0.15, 0.2) is 0 Å². The highest BCUT2D eigenvalue weighted by Crippen LogP contribution is 2.18. The largest absolute Gasteiger partial charge is 0.298 e. The minimum absolute atomic E-state index is 0.118. The molecule has 0 aromatic rings. The molecule has 0 rings (SSSR count). The Labute approximate surface area is 95.0 Å². The van der Waals surface area contributed by atoms with E-state index in [0.29, 0.717) is 11.7 Å². The predicted octanol–water partition coefficient (Wildman–Crippen LogP) is 3.35. The molecule has 80 valence electrons. The quantitative estimate of drug-likeness (QED) is 0.500. The zero-order valence-corrected chi connectivity index (χ0v) is 10.2. The monoisotopic (exact) mass is 233 g/mol. The number of Topliss-reactive ketones (excluding diaryl/α,β-unsaturated/α-hetero) is 1. The molecule has 2 nitrogen and oxygen atoms in total. The Morgan fingerprint density at radius 1 is 1.57 bits per heavy atom. The summed E-state index contributed by atoms with van der Waals surface area (Å²) in [6.07, 6.45) is 3.09. The number of ketones is 1. The van der Waals surface area contributed by atoms with Gasteiger partial charge in [0.1, 0.15) is 11.2 Å². The van der Waals surface area contributed by atoms with Crippen LogP contribution in [0.25, 0.3) is 0 Å². The lowest BCUT2D eigenvalue weighted by molar-refractivity contribution is -0.118. The SMILES string of the molecule is CCC(=O)C(Cl)CCCC(C)SC#N. The lowest BCUT2D eigenvalue weighted by Crippen LogP contribution is -2.13. The highest BCUT2D eigenvalue weighted by molar-refractivity contribution is 8.04. The van der Waals surface area contributed by atoms with Crippen molar-refractivity contribution in [1.82, 2.24) is 0 Å². The van der Waals surface area contributed by atoms with Crippen molar-refractivity contribution in [2.24, 2.45) is 0 Å². The maximum atomic E-state index is 11.1. The maximum Gasteiger partial charge on any atom is 0.150 e. The summed E-state index contributed by atoms with van der Waals surface area (Å²) in [5, 5.41) is 10.5. The molecular formula is C10H16ClNOS. The number of halogens is 1. The summed E-state index contributed by atoms with van der Waals surface area (Å²) in [7, 11) is 0. The Kier molecular flexibility index (Phi) is 8.02. The van der Waals surface area contributed by atoms with Crippen molar-refractivity contribution in [3.8, 4) is 5.40 Å². The van der Waals surface area contributed by atoms with Crippen LogP contribution in [0.5, 0.6) is 0 Å². The third-order valence-corrected chi connectivity index (χ3v) is 3.23. The molecule has 14 heavy (non-hydrogen) atoms. The molecule has 0 radical (unpaired) electrons. The molecule has 0 heterocycles. The van der Waals surface area contributed by atoms with Gasteiger partial charge in [-0.2, -0.15) is 5.26 Å². The molecule has 0 aromatic carbocycles. The normalized spacial score (nSPS) is 14.4. The number of hydrogen-bond acceptors (Lipinski definition) is 3. The highest BCUT2D eigenvalue weighted by atomic mass is 35.5. The fourth-order valence-electron chi connectivity index (χ4n) is 1.12. The van der Waals surface area contributed by atoms with Crippen LogP contribution in [0.15, 0.2) is 0 Å². The van der Waals surface area contributed by atoms with E-state index in [1.807, 2.05) is 13.8 Å². The molecule has 0 bridgehead atoms. The van der Waals surface area contributed by atoms with Crippen LogP contribution in [0.2, 0.25) is 0 Å². The van der Waals surface area contributed by atoms with Crippen molar-refractivity contribution in [2.45, 2.75) is 50.2 Å². The molecule has 0 aliphatic carbocycles. The molecule has 0 spiro atoms. The van der Waals surface area contributed by atoms with Crippen LogP contribution in [-0.2, 0) is 4.79 Å². The van der Waals surface area contributed by atoms with Crippen molar-refractivity contribution >= 4 is 29.1 Å². The van der Waals surface area contributed by atoms with Gasteiger partial charge in [-0.25, -0.2) is 0 Å². The molecule has 0 aliphatic rings. The molecule has 2 unspecified atom stereocenters. The van der Waals surface area contributed by atoms with E-state index in [1.54, 1.807) is 0 Å². The van der Waals surface area contributed by atoms with Gasteiger partial charge in [-0.15, -0.1) is 11.6 Å².